The fourth-order valence-electron chi connectivity index (χ4n) is 3.35. The summed E-state index contributed by atoms with van der Waals surface area (Å²) in [5.74, 6) is 0.183. The second-order valence-corrected chi connectivity index (χ2v) is 7.76. The smallest absolute Gasteiger partial charge is 0.187 e. The SMILES string of the molecule is Cc1ccc(/C=C2\CN(C(C)C)C/C(=C\c3ccc(CO)c(O)c3)C2=O)cc1O. The van der Waals surface area contributed by atoms with Crippen LogP contribution in [0.5, 0.6) is 11.5 Å². The molecule has 0 saturated carbocycles. The molecule has 3 N–H and O–H groups in total. The van der Waals surface area contributed by atoms with Crippen LogP contribution in [0.4, 0.5) is 0 Å². The molecule has 1 saturated heterocycles. The highest BCUT2D eigenvalue weighted by Gasteiger charge is 2.27. The van der Waals surface area contributed by atoms with E-state index in [1.165, 1.54) is 0 Å². The maximum atomic E-state index is 13.1. The van der Waals surface area contributed by atoms with Crippen LogP contribution in [0.2, 0.25) is 0 Å². The second kappa shape index (κ2) is 8.64. The van der Waals surface area contributed by atoms with Crippen molar-refractivity contribution in [2.45, 2.75) is 33.4 Å². The number of phenols is 2. The Kier molecular flexibility index (Phi) is 6.20. The number of Topliss-reactive ketones (excluding diaryl/α,β-unsaturated/α-hetero) is 1. The topological polar surface area (TPSA) is 81.0 Å². The number of carbonyl (C=O) groups is 1. The molecule has 0 spiro atoms. The molecule has 1 aliphatic rings. The summed E-state index contributed by atoms with van der Waals surface area (Å²) in [4.78, 5) is 15.3. The molecule has 5 heteroatoms. The van der Waals surface area contributed by atoms with Gasteiger partial charge in [-0.05, 0) is 61.7 Å². The molecule has 3 rings (SSSR count). The van der Waals surface area contributed by atoms with Crippen molar-refractivity contribution in [2.24, 2.45) is 0 Å². The van der Waals surface area contributed by atoms with Gasteiger partial charge in [-0.2, -0.15) is 0 Å². The average Bonchev–Trinajstić information content (AvgIpc) is 2.67. The molecular weight excluding hydrogens is 366 g/mol. The molecule has 0 unspecified atom stereocenters. The molecule has 0 radical (unpaired) electrons. The van der Waals surface area contributed by atoms with Gasteiger partial charge in [0.1, 0.15) is 11.5 Å². The van der Waals surface area contributed by atoms with E-state index < -0.39 is 0 Å². The van der Waals surface area contributed by atoms with Crippen LogP contribution in [-0.4, -0.2) is 45.1 Å². The van der Waals surface area contributed by atoms with Gasteiger partial charge in [-0.3, -0.25) is 9.69 Å². The van der Waals surface area contributed by atoms with E-state index in [2.05, 4.69) is 18.7 Å². The standard InChI is InChI=1S/C24H27NO4/c1-15(2)25-12-20(8-17-5-4-16(3)22(27)10-17)24(29)21(13-25)9-18-6-7-19(14-26)23(28)11-18/h4-11,15,26-28H,12-14H2,1-3H3/b20-8+,21-9+. The van der Waals surface area contributed by atoms with Crippen LogP contribution in [0.25, 0.3) is 12.2 Å². The summed E-state index contributed by atoms with van der Waals surface area (Å²) in [6, 6.07) is 10.6. The summed E-state index contributed by atoms with van der Waals surface area (Å²) in [7, 11) is 0. The lowest BCUT2D eigenvalue weighted by Crippen LogP contribution is -2.41. The molecule has 1 aliphatic heterocycles. The maximum Gasteiger partial charge on any atom is 0.187 e. The first-order chi connectivity index (χ1) is 13.8. The minimum Gasteiger partial charge on any atom is -0.508 e. The zero-order valence-electron chi connectivity index (χ0n) is 17.0. The van der Waals surface area contributed by atoms with Crippen molar-refractivity contribution in [3.63, 3.8) is 0 Å². The second-order valence-electron chi connectivity index (χ2n) is 7.76. The first-order valence-electron chi connectivity index (χ1n) is 9.70. The van der Waals surface area contributed by atoms with Crippen LogP contribution in [0.15, 0.2) is 47.5 Å². The third kappa shape index (κ3) is 4.75. The Morgan fingerprint density at radius 2 is 1.52 bits per heavy atom. The van der Waals surface area contributed by atoms with Crippen LogP contribution >= 0.6 is 0 Å². The van der Waals surface area contributed by atoms with E-state index in [1.807, 2.05) is 25.1 Å². The first-order valence-corrected chi connectivity index (χ1v) is 9.70. The molecule has 0 atom stereocenters. The number of aromatic hydroxyl groups is 2. The summed E-state index contributed by atoms with van der Waals surface area (Å²) in [5.41, 5.74) is 4.04. The molecule has 0 aromatic heterocycles. The van der Waals surface area contributed by atoms with Gasteiger partial charge in [-0.1, -0.05) is 24.3 Å². The molecule has 0 amide bonds. The lowest BCUT2D eigenvalue weighted by molar-refractivity contribution is -0.113. The van der Waals surface area contributed by atoms with E-state index in [4.69, 9.17) is 0 Å². The number of piperidine rings is 1. The number of aliphatic hydroxyl groups is 1. The Bertz CT molecular complexity index is 988. The Labute approximate surface area is 171 Å². The minimum atomic E-state index is -0.237. The van der Waals surface area contributed by atoms with Gasteiger partial charge in [0.15, 0.2) is 5.78 Å². The number of nitrogens with zero attached hydrogens (tertiary/aromatic N) is 1. The van der Waals surface area contributed by atoms with Crippen LogP contribution in [0, 0.1) is 6.92 Å². The zero-order valence-corrected chi connectivity index (χ0v) is 17.0. The Morgan fingerprint density at radius 3 is 2.00 bits per heavy atom. The van der Waals surface area contributed by atoms with Gasteiger partial charge < -0.3 is 15.3 Å². The molecule has 0 aliphatic carbocycles. The van der Waals surface area contributed by atoms with Crippen LogP contribution in [0.3, 0.4) is 0 Å². The number of rotatable bonds is 4. The van der Waals surface area contributed by atoms with Crippen molar-refractivity contribution < 1.29 is 20.1 Å². The monoisotopic (exact) mass is 393 g/mol. The number of ketones is 1. The van der Waals surface area contributed by atoms with Crippen molar-refractivity contribution in [1.29, 1.82) is 0 Å². The number of phenolic OH excluding ortho intramolecular Hbond substituents is 1. The number of hydrogen-bond acceptors (Lipinski definition) is 5. The molecule has 29 heavy (non-hydrogen) atoms. The van der Waals surface area contributed by atoms with Gasteiger partial charge in [-0.15, -0.1) is 0 Å². The van der Waals surface area contributed by atoms with Crippen LogP contribution in [-0.2, 0) is 11.4 Å². The van der Waals surface area contributed by atoms with Crippen molar-refractivity contribution in [1.82, 2.24) is 4.90 Å². The zero-order chi connectivity index (χ0) is 21.1. The van der Waals surface area contributed by atoms with Crippen molar-refractivity contribution in [2.75, 3.05) is 13.1 Å². The third-order valence-corrected chi connectivity index (χ3v) is 5.26. The number of aryl methyl sites for hydroxylation is 1. The van der Waals surface area contributed by atoms with Crippen molar-refractivity contribution >= 4 is 17.9 Å². The predicted molar refractivity (Wildman–Crippen MR) is 115 cm³/mol. The van der Waals surface area contributed by atoms with Crippen LogP contribution < -0.4 is 0 Å². The van der Waals surface area contributed by atoms with Crippen LogP contribution in [0.1, 0.15) is 36.1 Å². The summed E-state index contributed by atoms with van der Waals surface area (Å²) in [5, 5.41) is 29.2. The molecule has 152 valence electrons. The quantitative estimate of drug-likeness (QED) is 0.691. The molecule has 0 bridgehead atoms. The molecule has 1 heterocycles. The number of carbonyl (C=O) groups excluding carboxylic acids is 1. The van der Waals surface area contributed by atoms with Crippen molar-refractivity contribution in [3.8, 4) is 11.5 Å². The van der Waals surface area contributed by atoms with E-state index in [0.29, 0.717) is 35.4 Å². The number of aliphatic hydroxyl groups excluding tert-OH is 1. The fraction of sp³-hybridized carbons (Fsp3) is 0.292. The van der Waals surface area contributed by atoms with Gasteiger partial charge in [0.05, 0.1) is 6.61 Å². The lowest BCUT2D eigenvalue weighted by Gasteiger charge is -2.32. The normalized spacial score (nSPS) is 18.2. The summed E-state index contributed by atoms with van der Waals surface area (Å²) in [6.45, 7) is 6.83. The summed E-state index contributed by atoms with van der Waals surface area (Å²) < 4.78 is 0. The van der Waals surface area contributed by atoms with E-state index in [1.54, 1.807) is 30.3 Å². The molecule has 1 fully saturated rings. The Hall–Kier alpha value is -2.89. The lowest BCUT2D eigenvalue weighted by atomic mass is 9.93. The van der Waals surface area contributed by atoms with Crippen molar-refractivity contribution in [3.05, 3.63) is 69.8 Å². The van der Waals surface area contributed by atoms with E-state index >= 15 is 0 Å². The van der Waals surface area contributed by atoms with Gasteiger partial charge in [-0.25, -0.2) is 0 Å². The molecular formula is C24H27NO4. The average molecular weight is 393 g/mol. The number of benzene rings is 2. The van der Waals surface area contributed by atoms with Gasteiger partial charge in [0.25, 0.3) is 0 Å². The highest BCUT2D eigenvalue weighted by molar-refractivity contribution is 6.14. The molecule has 2 aromatic rings. The third-order valence-electron chi connectivity index (χ3n) is 5.26. The number of likely N-dealkylation sites (tertiary alicyclic amines) is 1. The van der Waals surface area contributed by atoms with E-state index in [-0.39, 0.29) is 29.9 Å². The summed E-state index contributed by atoms with van der Waals surface area (Å²) in [6.07, 6.45) is 3.62. The minimum absolute atomic E-state index is 0.0109. The Morgan fingerprint density at radius 1 is 0.966 bits per heavy atom. The highest BCUT2D eigenvalue weighted by Crippen LogP contribution is 2.27. The fourth-order valence-corrected chi connectivity index (χ4v) is 3.35. The number of hydrogen-bond donors (Lipinski definition) is 3. The highest BCUT2D eigenvalue weighted by atomic mass is 16.3. The molecule has 5 nitrogen and oxygen atoms in total. The summed E-state index contributed by atoms with van der Waals surface area (Å²) >= 11 is 0. The first kappa shape index (κ1) is 20.8. The van der Waals surface area contributed by atoms with Gasteiger partial charge in [0.2, 0.25) is 0 Å². The van der Waals surface area contributed by atoms with E-state index in [0.717, 1.165) is 11.1 Å². The maximum absolute atomic E-state index is 13.1. The predicted octanol–water partition coefficient (Wildman–Crippen LogP) is 3.66. The van der Waals surface area contributed by atoms with Gasteiger partial charge >= 0.3 is 0 Å². The van der Waals surface area contributed by atoms with Gasteiger partial charge in [0, 0.05) is 35.8 Å². The largest absolute Gasteiger partial charge is 0.508 e. The van der Waals surface area contributed by atoms with E-state index in [9.17, 15) is 20.1 Å². The molecule has 2 aromatic carbocycles. The Balaban J connectivity index is 1.98.